The Balaban J connectivity index is 1.99. The number of benzene rings is 1. The van der Waals surface area contributed by atoms with Crippen LogP contribution in [0.5, 0.6) is 0 Å². The van der Waals surface area contributed by atoms with E-state index in [2.05, 4.69) is 17.1 Å². The smallest absolute Gasteiger partial charge is 0.242 e. The molecule has 1 aromatic carbocycles. The summed E-state index contributed by atoms with van der Waals surface area (Å²) < 4.78 is 25.6. The number of rotatable bonds is 10. The van der Waals surface area contributed by atoms with Gasteiger partial charge in [-0.1, -0.05) is 18.5 Å². The number of carbonyl (C=O) groups is 1. The minimum absolute atomic E-state index is 0.101. The van der Waals surface area contributed by atoms with Crippen LogP contribution in [0.4, 0.5) is 5.69 Å². The van der Waals surface area contributed by atoms with Crippen molar-refractivity contribution in [2.75, 3.05) is 39.0 Å². The van der Waals surface area contributed by atoms with Crippen LogP contribution in [0.25, 0.3) is 0 Å². The van der Waals surface area contributed by atoms with Gasteiger partial charge < -0.3 is 10.2 Å². The fourth-order valence-corrected chi connectivity index (χ4v) is 3.81. The summed E-state index contributed by atoms with van der Waals surface area (Å²) in [6, 6.07) is 4.33. The van der Waals surface area contributed by atoms with E-state index >= 15 is 0 Å². The van der Waals surface area contributed by atoms with Crippen LogP contribution in [0.15, 0.2) is 23.1 Å². The van der Waals surface area contributed by atoms with E-state index in [1.54, 1.807) is 0 Å². The molecule has 1 amide bonds. The van der Waals surface area contributed by atoms with Crippen molar-refractivity contribution in [2.45, 2.75) is 37.5 Å². The van der Waals surface area contributed by atoms with Crippen LogP contribution in [0, 0.1) is 5.92 Å². The van der Waals surface area contributed by atoms with Crippen molar-refractivity contribution in [3.05, 3.63) is 23.2 Å². The van der Waals surface area contributed by atoms with Crippen molar-refractivity contribution in [1.29, 1.82) is 0 Å². The Morgan fingerprint density at radius 1 is 1.27 bits per heavy atom. The van der Waals surface area contributed by atoms with Crippen LogP contribution in [0.2, 0.25) is 5.02 Å². The maximum Gasteiger partial charge on any atom is 0.242 e. The quantitative estimate of drug-likeness (QED) is 0.654. The summed E-state index contributed by atoms with van der Waals surface area (Å²) in [7, 11) is -0.651. The number of halogens is 1. The molecule has 1 aliphatic rings. The minimum Gasteiger partial charge on any atom is -0.325 e. The largest absolute Gasteiger partial charge is 0.325 e. The highest BCUT2D eigenvalue weighted by Gasteiger charge is 2.24. The van der Waals surface area contributed by atoms with Crippen molar-refractivity contribution in [2.24, 2.45) is 5.92 Å². The van der Waals surface area contributed by atoms with E-state index in [0.717, 1.165) is 29.7 Å². The van der Waals surface area contributed by atoms with Crippen LogP contribution in [-0.2, 0) is 14.8 Å². The number of nitrogens with one attached hydrogen (secondary N) is 1. The highest BCUT2D eigenvalue weighted by Crippen LogP contribution is 2.30. The molecule has 0 aromatic heterocycles. The molecule has 0 bridgehead atoms. The van der Waals surface area contributed by atoms with Crippen molar-refractivity contribution < 1.29 is 13.2 Å². The van der Waals surface area contributed by atoms with Gasteiger partial charge in [0.05, 0.1) is 15.6 Å². The van der Waals surface area contributed by atoms with E-state index in [4.69, 9.17) is 11.6 Å². The summed E-state index contributed by atoms with van der Waals surface area (Å²) >= 11 is 6.13. The minimum atomic E-state index is -3.58. The molecule has 0 unspecified atom stereocenters. The zero-order valence-corrected chi connectivity index (χ0v) is 17.2. The van der Waals surface area contributed by atoms with Gasteiger partial charge in [0.2, 0.25) is 15.9 Å². The van der Waals surface area contributed by atoms with E-state index in [1.807, 2.05) is 0 Å². The Bertz CT molecular complexity index is 733. The van der Waals surface area contributed by atoms with Gasteiger partial charge in [0.1, 0.15) is 0 Å². The van der Waals surface area contributed by atoms with Gasteiger partial charge in [-0.05, 0) is 49.9 Å². The Labute approximate surface area is 161 Å². The lowest BCUT2D eigenvalue weighted by molar-refractivity contribution is -0.116. The first kappa shape index (κ1) is 21.2. The monoisotopic (exact) mass is 401 g/mol. The van der Waals surface area contributed by atoms with Crippen LogP contribution >= 0.6 is 11.6 Å². The fraction of sp³-hybridized carbons (Fsp3) is 0.611. The molecule has 1 saturated carbocycles. The van der Waals surface area contributed by atoms with Crippen molar-refractivity contribution in [3.63, 3.8) is 0 Å². The molecule has 6 nitrogen and oxygen atoms in total. The molecule has 1 N–H and O–H groups in total. The van der Waals surface area contributed by atoms with Gasteiger partial charge in [-0.3, -0.25) is 4.79 Å². The third kappa shape index (κ3) is 5.94. The molecule has 8 heteroatoms. The lowest BCUT2D eigenvalue weighted by Gasteiger charge is -2.21. The first-order chi connectivity index (χ1) is 12.2. The van der Waals surface area contributed by atoms with Crippen LogP contribution in [0.1, 0.15) is 32.6 Å². The van der Waals surface area contributed by atoms with E-state index in [1.165, 1.54) is 45.1 Å². The van der Waals surface area contributed by atoms with Gasteiger partial charge in [0, 0.05) is 33.6 Å². The number of amides is 1. The number of hydrogen-bond acceptors (Lipinski definition) is 4. The molecule has 0 radical (unpaired) electrons. The third-order valence-corrected chi connectivity index (χ3v) is 6.54. The molecule has 2 rings (SSSR count). The predicted octanol–water partition coefficient (Wildman–Crippen LogP) is 3.04. The average Bonchev–Trinajstić information content (AvgIpc) is 3.38. The molecular formula is C18H28ClN3O3S. The molecule has 0 saturated heterocycles. The van der Waals surface area contributed by atoms with E-state index < -0.39 is 10.0 Å². The maximum absolute atomic E-state index is 12.3. The zero-order valence-electron chi connectivity index (χ0n) is 15.7. The van der Waals surface area contributed by atoms with E-state index in [9.17, 15) is 13.2 Å². The van der Waals surface area contributed by atoms with Gasteiger partial charge in [-0.25, -0.2) is 12.7 Å². The van der Waals surface area contributed by atoms with E-state index in [-0.39, 0.29) is 10.8 Å². The summed E-state index contributed by atoms with van der Waals surface area (Å²) in [6.07, 6.45) is 3.99. The number of sulfonamides is 1. The molecule has 0 aliphatic heterocycles. The second kappa shape index (κ2) is 9.17. The van der Waals surface area contributed by atoms with Crippen molar-refractivity contribution in [1.82, 2.24) is 9.21 Å². The number of nitrogens with zero attached hydrogens (tertiary/aromatic N) is 2. The Morgan fingerprint density at radius 2 is 1.96 bits per heavy atom. The molecule has 26 heavy (non-hydrogen) atoms. The summed E-state index contributed by atoms with van der Waals surface area (Å²) in [5.41, 5.74) is 0.323. The number of carbonyl (C=O) groups excluding carboxylic acids is 1. The fourth-order valence-electron chi connectivity index (χ4n) is 2.72. The Hall–Kier alpha value is -1.15. The molecular weight excluding hydrogens is 374 g/mol. The van der Waals surface area contributed by atoms with Gasteiger partial charge in [0.25, 0.3) is 0 Å². The number of anilines is 1. The average molecular weight is 402 g/mol. The van der Waals surface area contributed by atoms with Crippen LogP contribution < -0.4 is 5.32 Å². The van der Waals surface area contributed by atoms with Gasteiger partial charge in [0.15, 0.2) is 0 Å². The second-order valence-electron chi connectivity index (χ2n) is 6.97. The Morgan fingerprint density at radius 3 is 2.54 bits per heavy atom. The lowest BCUT2D eigenvalue weighted by Crippen LogP contribution is -2.30. The number of hydrogen-bond donors (Lipinski definition) is 1. The third-order valence-electron chi connectivity index (χ3n) is 4.40. The van der Waals surface area contributed by atoms with Crippen molar-refractivity contribution in [3.8, 4) is 0 Å². The lowest BCUT2D eigenvalue weighted by atomic mass is 10.2. The van der Waals surface area contributed by atoms with Crippen LogP contribution in [-0.4, -0.2) is 57.3 Å². The molecule has 1 aromatic rings. The summed E-state index contributed by atoms with van der Waals surface area (Å²) in [6.45, 7) is 4.87. The second-order valence-corrected chi connectivity index (χ2v) is 9.53. The SMILES string of the molecule is CCCN(CCC(=O)Nc1cc(S(=O)(=O)N(C)C)ccc1Cl)CC1CC1. The van der Waals surface area contributed by atoms with Gasteiger partial charge in [-0.15, -0.1) is 0 Å². The first-order valence-corrected chi connectivity index (χ1v) is 10.8. The van der Waals surface area contributed by atoms with Crippen molar-refractivity contribution >= 4 is 33.2 Å². The molecule has 1 fully saturated rings. The summed E-state index contributed by atoms with van der Waals surface area (Å²) in [4.78, 5) is 14.7. The standard InChI is InChI=1S/C18H28ClN3O3S/c1-4-10-22(13-14-5-6-14)11-9-18(23)20-17-12-15(7-8-16(17)19)26(24,25)21(2)3/h7-8,12,14H,4-6,9-11,13H2,1-3H3,(H,20,23). The zero-order chi connectivity index (χ0) is 19.3. The van der Waals surface area contributed by atoms with Gasteiger partial charge in [-0.2, -0.15) is 0 Å². The topological polar surface area (TPSA) is 69.7 Å². The Kier molecular flexibility index (Phi) is 7.46. The highest BCUT2D eigenvalue weighted by molar-refractivity contribution is 7.89. The molecule has 0 heterocycles. The summed E-state index contributed by atoms with van der Waals surface area (Å²) in [5.74, 6) is 0.621. The first-order valence-electron chi connectivity index (χ1n) is 8.98. The highest BCUT2D eigenvalue weighted by atomic mass is 35.5. The molecule has 0 spiro atoms. The van der Waals surface area contributed by atoms with Crippen LogP contribution in [0.3, 0.4) is 0 Å². The van der Waals surface area contributed by atoms with E-state index in [0.29, 0.717) is 23.7 Å². The molecule has 146 valence electrons. The summed E-state index contributed by atoms with van der Waals surface area (Å²) in [5, 5.41) is 3.07. The normalized spacial score (nSPS) is 14.8. The predicted molar refractivity (Wildman–Crippen MR) is 105 cm³/mol. The molecule has 0 atom stereocenters. The van der Waals surface area contributed by atoms with Gasteiger partial charge >= 0.3 is 0 Å². The maximum atomic E-state index is 12.3. The molecule has 1 aliphatic carbocycles.